The monoisotopic (exact) mass is 270 g/mol. The van der Waals surface area contributed by atoms with E-state index < -0.39 is 0 Å². The first-order chi connectivity index (χ1) is 9.31. The van der Waals surface area contributed by atoms with Crippen LogP contribution in [0.4, 0.5) is 0 Å². The molecule has 1 N–H and O–H groups in total. The molecular formula is C14H26N2O3. The molecule has 2 fully saturated rings. The minimum atomic E-state index is 0.0482. The van der Waals surface area contributed by atoms with Crippen LogP contribution in [0.25, 0.3) is 0 Å². The lowest BCUT2D eigenvalue weighted by Crippen LogP contribution is -2.46. The zero-order valence-corrected chi connectivity index (χ0v) is 11.9. The maximum atomic E-state index is 12.6. The number of carbonyl (C=O) groups is 1. The van der Waals surface area contributed by atoms with E-state index in [1.54, 1.807) is 7.11 Å². The Bertz CT molecular complexity index is 274. The van der Waals surface area contributed by atoms with Crippen molar-refractivity contribution in [2.24, 2.45) is 5.92 Å². The SMILES string of the molecule is COCCN(CC1CCCN1)C(=O)C1CCCOC1. The van der Waals surface area contributed by atoms with Crippen molar-refractivity contribution in [1.82, 2.24) is 10.2 Å². The van der Waals surface area contributed by atoms with Crippen molar-refractivity contribution >= 4 is 5.91 Å². The van der Waals surface area contributed by atoms with Crippen molar-refractivity contribution in [1.29, 1.82) is 0 Å². The van der Waals surface area contributed by atoms with Gasteiger partial charge in [0, 0.05) is 32.8 Å². The highest BCUT2D eigenvalue weighted by atomic mass is 16.5. The molecule has 19 heavy (non-hydrogen) atoms. The predicted molar refractivity (Wildman–Crippen MR) is 73.0 cm³/mol. The van der Waals surface area contributed by atoms with E-state index in [9.17, 15) is 4.79 Å². The highest BCUT2D eigenvalue weighted by Gasteiger charge is 2.28. The van der Waals surface area contributed by atoms with Crippen LogP contribution in [0.5, 0.6) is 0 Å². The molecule has 0 aromatic rings. The molecule has 2 aliphatic heterocycles. The molecule has 110 valence electrons. The fraction of sp³-hybridized carbons (Fsp3) is 0.929. The summed E-state index contributed by atoms with van der Waals surface area (Å²) in [4.78, 5) is 14.5. The fourth-order valence-electron chi connectivity index (χ4n) is 2.87. The number of ether oxygens (including phenoxy) is 2. The summed E-state index contributed by atoms with van der Waals surface area (Å²) >= 11 is 0. The van der Waals surface area contributed by atoms with Gasteiger partial charge in [-0.2, -0.15) is 0 Å². The lowest BCUT2D eigenvalue weighted by atomic mass is 10.0. The number of carbonyl (C=O) groups excluding carboxylic acids is 1. The van der Waals surface area contributed by atoms with Crippen LogP contribution in [-0.2, 0) is 14.3 Å². The smallest absolute Gasteiger partial charge is 0.228 e. The second-order valence-electron chi connectivity index (χ2n) is 5.48. The number of amides is 1. The summed E-state index contributed by atoms with van der Waals surface area (Å²) < 4.78 is 10.6. The third kappa shape index (κ3) is 4.44. The molecule has 0 bridgehead atoms. The van der Waals surface area contributed by atoms with Crippen molar-refractivity contribution in [3.8, 4) is 0 Å². The molecule has 0 saturated carbocycles. The first-order valence-electron chi connectivity index (χ1n) is 7.40. The average molecular weight is 270 g/mol. The summed E-state index contributed by atoms with van der Waals surface area (Å²) in [5.74, 6) is 0.289. The minimum absolute atomic E-state index is 0.0482. The van der Waals surface area contributed by atoms with E-state index in [0.717, 1.165) is 39.0 Å². The minimum Gasteiger partial charge on any atom is -0.383 e. The van der Waals surface area contributed by atoms with Gasteiger partial charge in [0.25, 0.3) is 0 Å². The fourth-order valence-corrected chi connectivity index (χ4v) is 2.87. The van der Waals surface area contributed by atoms with Crippen molar-refractivity contribution in [2.75, 3.05) is 46.6 Å². The Morgan fingerprint density at radius 3 is 2.95 bits per heavy atom. The van der Waals surface area contributed by atoms with Crippen molar-refractivity contribution in [3.63, 3.8) is 0 Å². The highest BCUT2D eigenvalue weighted by Crippen LogP contribution is 2.17. The van der Waals surface area contributed by atoms with Gasteiger partial charge in [-0.25, -0.2) is 0 Å². The molecule has 0 radical (unpaired) electrons. The predicted octanol–water partition coefficient (Wildman–Crippen LogP) is 0.640. The molecule has 2 unspecified atom stereocenters. The Balaban J connectivity index is 1.88. The molecule has 2 heterocycles. The lowest BCUT2D eigenvalue weighted by molar-refractivity contribution is -0.140. The second kappa shape index (κ2) is 7.82. The van der Waals surface area contributed by atoms with Crippen LogP contribution < -0.4 is 5.32 Å². The normalized spacial score (nSPS) is 27.4. The van der Waals surface area contributed by atoms with Crippen LogP contribution in [0.2, 0.25) is 0 Å². The molecule has 5 nitrogen and oxygen atoms in total. The van der Waals surface area contributed by atoms with Gasteiger partial charge in [0.1, 0.15) is 0 Å². The quantitative estimate of drug-likeness (QED) is 0.769. The molecule has 2 rings (SSSR count). The zero-order chi connectivity index (χ0) is 13.5. The number of hydrogen-bond donors (Lipinski definition) is 1. The summed E-state index contributed by atoms with van der Waals surface area (Å²) in [5, 5.41) is 3.46. The average Bonchev–Trinajstić information content (AvgIpc) is 2.96. The van der Waals surface area contributed by atoms with Gasteiger partial charge in [0.2, 0.25) is 5.91 Å². The summed E-state index contributed by atoms with van der Waals surface area (Å²) in [6, 6.07) is 0.449. The van der Waals surface area contributed by atoms with Gasteiger partial charge in [0.05, 0.1) is 19.1 Å². The molecule has 0 aromatic heterocycles. The molecular weight excluding hydrogens is 244 g/mol. The van der Waals surface area contributed by atoms with Crippen molar-refractivity contribution in [3.05, 3.63) is 0 Å². The van der Waals surface area contributed by atoms with Gasteiger partial charge in [0.15, 0.2) is 0 Å². The van der Waals surface area contributed by atoms with Crippen molar-refractivity contribution in [2.45, 2.75) is 31.7 Å². The molecule has 2 atom stereocenters. The zero-order valence-electron chi connectivity index (χ0n) is 11.9. The summed E-state index contributed by atoms with van der Waals surface area (Å²) in [6.07, 6.45) is 4.33. The van der Waals surface area contributed by atoms with Crippen LogP contribution in [0.3, 0.4) is 0 Å². The maximum absolute atomic E-state index is 12.6. The van der Waals surface area contributed by atoms with Crippen LogP contribution >= 0.6 is 0 Å². The third-order valence-corrected chi connectivity index (χ3v) is 3.99. The topological polar surface area (TPSA) is 50.8 Å². The van der Waals surface area contributed by atoms with Gasteiger partial charge < -0.3 is 19.7 Å². The van der Waals surface area contributed by atoms with E-state index in [1.165, 1.54) is 6.42 Å². The van der Waals surface area contributed by atoms with E-state index in [-0.39, 0.29) is 11.8 Å². The lowest BCUT2D eigenvalue weighted by Gasteiger charge is -2.31. The van der Waals surface area contributed by atoms with E-state index in [1.807, 2.05) is 4.90 Å². The van der Waals surface area contributed by atoms with E-state index in [0.29, 0.717) is 25.8 Å². The van der Waals surface area contributed by atoms with Crippen LogP contribution in [0.15, 0.2) is 0 Å². The third-order valence-electron chi connectivity index (χ3n) is 3.99. The Morgan fingerprint density at radius 2 is 2.32 bits per heavy atom. The molecule has 0 aliphatic carbocycles. The van der Waals surface area contributed by atoms with Crippen LogP contribution in [0, 0.1) is 5.92 Å². The Hall–Kier alpha value is -0.650. The van der Waals surface area contributed by atoms with Gasteiger partial charge in [-0.05, 0) is 32.2 Å². The molecule has 0 spiro atoms. The summed E-state index contributed by atoms with van der Waals surface area (Å²) in [5.41, 5.74) is 0. The second-order valence-corrected chi connectivity index (χ2v) is 5.48. The number of rotatable bonds is 6. The van der Waals surface area contributed by atoms with Gasteiger partial charge in [-0.15, -0.1) is 0 Å². The molecule has 5 heteroatoms. The molecule has 0 aromatic carbocycles. The molecule has 2 saturated heterocycles. The van der Waals surface area contributed by atoms with Gasteiger partial charge in [-0.1, -0.05) is 0 Å². The summed E-state index contributed by atoms with van der Waals surface area (Å²) in [6.45, 7) is 4.55. The molecule has 1 amide bonds. The molecule has 2 aliphatic rings. The summed E-state index contributed by atoms with van der Waals surface area (Å²) in [7, 11) is 1.68. The van der Waals surface area contributed by atoms with E-state index in [4.69, 9.17) is 9.47 Å². The van der Waals surface area contributed by atoms with Crippen LogP contribution in [-0.4, -0.2) is 63.4 Å². The number of nitrogens with one attached hydrogen (secondary N) is 1. The van der Waals surface area contributed by atoms with Crippen molar-refractivity contribution < 1.29 is 14.3 Å². The number of hydrogen-bond acceptors (Lipinski definition) is 4. The van der Waals surface area contributed by atoms with E-state index >= 15 is 0 Å². The van der Waals surface area contributed by atoms with Crippen LogP contribution in [0.1, 0.15) is 25.7 Å². The first kappa shape index (κ1) is 14.8. The first-order valence-corrected chi connectivity index (χ1v) is 7.40. The van der Waals surface area contributed by atoms with Gasteiger partial charge in [-0.3, -0.25) is 4.79 Å². The van der Waals surface area contributed by atoms with E-state index in [2.05, 4.69) is 5.32 Å². The van der Waals surface area contributed by atoms with Gasteiger partial charge >= 0.3 is 0 Å². The Labute approximate surface area is 115 Å². The number of nitrogens with zero attached hydrogens (tertiary/aromatic N) is 1. The highest BCUT2D eigenvalue weighted by molar-refractivity contribution is 5.79. The largest absolute Gasteiger partial charge is 0.383 e. The number of methoxy groups -OCH3 is 1. The Morgan fingerprint density at radius 1 is 1.42 bits per heavy atom. The Kier molecular flexibility index (Phi) is 6.07. The maximum Gasteiger partial charge on any atom is 0.228 e. The standard InChI is InChI=1S/C14H26N2O3/c1-18-9-7-16(10-13-5-2-6-15-13)14(17)12-4-3-8-19-11-12/h12-13,15H,2-11H2,1H3.